The number of allylic oxidation sites excluding steroid dienone is 4. The largest absolute Gasteiger partial charge is 0.481 e. The van der Waals surface area contributed by atoms with E-state index in [1.165, 1.54) is 50.5 Å². The lowest BCUT2D eigenvalue weighted by Gasteiger charge is -2.03. The van der Waals surface area contributed by atoms with Crippen LogP contribution in [0, 0.1) is 0 Å². The summed E-state index contributed by atoms with van der Waals surface area (Å²) in [5.74, 6) is -0.671. The summed E-state index contributed by atoms with van der Waals surface area (Å²) in [6.07, 6.45) is 20.9. The molecular formula is C22H40O2. The standard InChI is InChI=1S/C22H40O2/c1-4-5-6-7-10-15-20(2)17-13-14-18-21(3)16-11-8-9-12-19-22(23)24/h17-18H,4-16,19H2,1-3H3,(H,23,24). The number of rotatable bonds is 16. The molecule has 0 amide bonds. The van der Waals surface area contributed by atoms with E-state index < -0.39 is 5.97 Å². The van der Waals surface area contributed by atoms with Gasteiger partial charge in [0, 0.05) is 6.42 Å². The van der Waals surface area contributed by atoms with Crippen molar-refractivity contribution in [3.8, 4) is 0 Å². The fourth-order valence-electron chi connectivity index (χ4n) is 2.90. The van der Waals surface area contributed by atoms with Crippen LogP contribution in [0.25, 0.3) is 0 Å². The highest BCUT2D eigenvalue weighted by molar-refractivity contribution is 5.66. The molecule has 1 N–H and O–H groups in total. The number of carboxylic acid groups (broad SMARTS) is 1. The molecule has 0 radical (unpaired) electrons. The predicted octanol–water partition coefficient (Wildman–Crippen LogP) is 7.44. The summed E-state index contributed by atoms with van der Waals surface area (Å²) in [7, 11) is 0. The molecule has 0 aliphatic carbocycles. The third-order valence-electron chi connectivity index (χ3n) is 4.54. The van der Waals surface area contributed by atoms with Crippen LogP contribution in [0.1, 0.15) is 111 Å². The zero-order valence-electron chi connectivity index (χ0n) is 16.4. The van der Waals surface area contributed by atoms with Gasteiger partial charge in [-0.1, -0.05) is 68.7 Å². The van der Waals surface area contributed by atoms with Crippen LogP contribution in [-0.4, -0.2) is 11.1 Å². The normalized spacial score (nSPS) is 12.6. The van der Waals surface area contributed by atoms with Crippen LogP contribution < -0.4 is 0 Å². The number of aliphatic carboxylic acids is 1. The first-order valence-electron chi connectivity index (χ1n) is 10.1. The molecule has 0 unspecified atom stereocenters. The summed E-state index contributed by atoms with van der Waals surface area (Å²) >= 11 is 0. The molecule has 0 aliphatic heterocycles. The second kappa shape index (κ2) is 16.8. The molecule has 2 nitrogen and oxygen atoms in total. The number of hydrogen-bond acceptors (Lipinski definition) is 1. The van der Waals surface area contributed by atoms with Gasteiger partial charge in [0.1, 0.15) is 0 Å². The Hall–Kier alpha value is -1.05. The highest BCUT2D eigenvalue weighted by atomic mass is 16.4. The zero-order valence-corrected chi connectivity index (χ0v) is 16.4. The van der Waals surface area contributed by atoms with Gasteiger partial charge in [-0.25, -0.2) is 0 Å². The van der Waals surface area contributed by atoms with Gasteiger partial charge in [-0.3, -0.25) is 4.79 Å². The van der Waals surface area contributed by atoms with E-state index in [9.17, 15) is 4.79 Å². The van der Waals surface area contributed by atoms with Crippen LogP contribution in [0.2, 0.25) is 0 Å². The zero-order chi connectivity index (χ0) is 18.0. The topological polar surface area (TPSA) is 37.3 Å². The van der Waals surface area contributed by atoms with E-state index in [-0.39, 0.29) is 0 Å². The molecule has 0 aromatic heterocycles. The Labute approximate surface area is 150 Å². The quantitative estimate of drug-likeness (QED) is 0.235. The molecular weight excluding hydrogens is 296 g/mol. The average Bonchev–Trinajstić information content (AvgIpc) is 2.54. The second-order valence-electron chi connectivity index (χ2n) is 7.15. The summed E-state index contributed by atoms with van der Waals surface area (Å²) in [6.45, 7) is 6.76. The lowest BCUT2D eigenvalue weighted by molar-refractivity contribution is -0.137. The Morgan fingerprint density at radius 1 is 0.708 bits per heavy atom. The van der Waals surface area contributed by atoms with E-state index in [0.717, 1.165) is 38.5 Å². The average molecular weight is 337 g/mol. The molecule has 0 aromatic rings. The van der Waals surface area contributed by atoms with Gasteiger partial charge in [0.15, 0.2) is 0 Å². The van der Waals surface area contributed by atoms with E-state index in [4.69, 9.17) is 5.11 Å². The Bertz CT molecular complexity index is 366. The molecule has 0 bridgehead atoms. The van der Waals surface area contributed by atoms with Crippen molar-refractivity contribution >= 4 is 5.97 Å². The van der Waals surface area contributed by atoms with Crippen LogP contribution in [0.5, 0.6) is 0 Å². The monoisotopic (exact) mass is 336 g/mol. The van der Waals surface area contributed by atoms with Crippen molar-refractivity contribution in [3.05, 3.63) is 23.3 Å². The molecule has 0 aromatic carbocycles. The van der Waals surface area contributed by atoms with E-state index in [1.54, 1.807) is 5.57 Å². The minimum absolute atomic E-state index is 0.319. The van der Waals surface area contributed by atoms with E-state index in [0.29, 0.717) is 6.42 Å². The molecule has 0 atom stereocenters. The third-order valence-corrected chi connectivity index (χ3v) is 4.54. The van der Waals surface area contributed by atoms with Gasteiger partial charge in [-0.05, 0) is 58.8 Å². The fraction of sp³-hybridized carbons (Fsp3) is 0.773. The first-order chi connectivity index (χ1) is 11.6. The van der Waals surface area contributed by atoms with Gasteiger partial charge in [-0.2, -0.15) is 0 Å². The summed E-state index contributed by atoms with van der Waals surface area (Å²) in [5, 5.41) is 8.59. The summed E-state index contributed by atoms with van der Waals surface area (Å²) < 4.78 is 0. The number of unbranched alkanes of at least 4 members (excludes halogenated alkanes) is 8. The van der Waals surface area contributed by atoms with E-state index in [1.807, 2.05) is 0 Å². The molecule has 2 heteroatoms. The number of hydrogen-bond donors (Lipinski definition) is 1. The molecule has 0 aliphatic rings. The maximum absolute atomic E-state index is 10.4. The summed E-state index contributed by atoms with van der Waals surface area (Å²) in [6, 6.07) is 0. The fourth-order valence-corrected chi connectivity index (χ4v) is 2.90. The van der Waals surface area contributed by atoms with Gasteiger partial charge >= 0.3 is 5.97 Å². The summed E-state index contributed by atoms with van der Waals surface area (Å²) in [4.78, 5) is 10.4. The molecule has 140 valence electrons. The lowest BCUT2D eigenvalue weighted by atomic mass is 10.0. The second-order valence-corrected chi connectivity index (χ2v) is 7.15. The van der Waals surface area contributed by atoms with Crippen molar-refractivity contribution in [2.24, 2.45) is 0 Å². The van der Waals surface area contributed by atoms with Crippen LogP contribution in [0.15, 0.2) is 23.3 Å². The smallest absolute Gasteiger partial charge is 0.303 e. The molecule has 0 saturated carbocycles. The number of carboxylic acids is 1. The number of carbonyl (C=O) groups is 1. The van der Waals surface area contributed by atoms with Crippen molar-refractivity contribution < 1.29 is 9.90 Å². The van der Waals surface area contributed by atoms with Crippen molar-refractivity contribution in [2.75, 3.05) is 0 Å². The SMILES string of the molecule is CCCCCCCC(C)=CCCC=C(C)CCCCCCC(=O)O. The minimum atomic E-state index is -0.671. The highest BCUT2D eigenvalue weighted by Crippen LogP contribution is 2.14. The van der Waals surface area contributed by atoms with Gasteiger partial charge in [0.25, 0.3) is 0 Å². The predicted molar refractivity (Wildman–Crippen MR) is 105 cm³/mol. The minimum Gasteiger partial charge on any atom is -0.481 e. The van der Waals surface area contributed by atoms with E-state index >= 15 is 0 Å². The summed E-state index contributed by atoms with van der Waals surface area (Å²) in [5.41, 5.74) is 3.04. The highest BCUT2D eigenvalue weighted by Gasteiger charge is 1.97. The van der Waals surface area contributed by atoms with Gasteiger partial charge in [-0.15, -0.1) is 0 Å². The third kappa shape index (κ3) is 17.3. The van der Waals surface area contributed by atoms with Gasteiger partial charge in [0.2, 0.25) is 0 Å². The first-order valence-corrected chi connectivity index (χ1v) is 10.1. The molecule has 0 rings (SSSR count). The molecule has 0 spiro atoms. The maximum Gasteiger partial charge on any atom is 0.303 e. The lowest BCUT2D eigenvalue weighted by Crippen LogP contribution is -1.93. The first kappa shape index (κ1) is 22.9. The van der Waals surface area contributed by atoms with Crippen LogP contribution in [0.3, 0.4) is 0 Å². The Morgan fingerprint density at radius 3 is 1.54 bits per heavy atom. The molecule has 0 saturated heterocycles. The van der Waals surface area contributed by atoms with Crippen LogP contribution in [0.4, 0.5) is 0 Å². The van der Waals surface area contributed by atoms with E-state index in [2.05, 4.69) is 32.9 Å². The van der Waals surface area contributed by atoms with Crippen molar-refractivity contribution in [1.82, 2.24) is 0 Å². The van der Waals surface area contributed by atoms with Crippen LogP contribution >= 0.6 is 0 Å². The van der Waals surface area contributed by atoms with Gasteiger partial charge < -0.3 is 5.11 Å². The van der Waals surface area contributed by atoms with Crippen molar-refractivity contribution in [3.63, 3.8) is 0 Å². The molecule has 24 heavy (non-hydrogen) atoms. The Morgan fingerprint density at radius 2 is 1.12 bits per heavy atom. The molecule has 0 fully saturated rings. The Balaban J connectivity index is 3.59. The van der Waals surface area contributed by atoms with Crippen molar-refractivity contribution in [2.45, 2.75) is 111 Å². The maximum atomic E-state index is 10.4. The van der Waals surface area contributed by atoms with Gasteiger partial charge in [0.05, 0.1) is 0 Å². The van der Waals surface area contributed by atoms with Crippen LogP contribution in [-0.2, 0) is 4.79 Å². The molecule has 0 heterocycles. The van der Waals surface area contributed by atoms with Crippen molar-refractivity contribution in [1.29, 1.82) is 0 Å². The Kier molecular flexibility index (Phi) is 16.1.